The summed E-state index contributed by atoms with van der Waals surface area (Å²) in [5, 5.41) is 0. The van der Waals surface area contributed by atoms with Gasteiger partial charge in [0, 0.05) is 0 Å². The Morgan fingerprint density at radius 2 is 1.88 bits per heavy atom. The molecule has 0 aliphatic heterocycles. The minimum atomic E-state index is -3.48. The van der Waals surface area contributed by atoms with Gasteiger partial charge in [-0.15, -0.1) is 24.8 Å². The van der Waals surface area contributed by atoms with Crippen LogP contribution in [-0.2, 0) is 16.8 Å². The average molecular weight is 371 g/mol. The molecule has 1 atom stereocenters. The van der Waals surface area contributed by atoms with E-state index in [1.165, 1.54) is 0 Å². The molecule has 2 rings (SSSR count). The van der Waals surface area contributed by atoms with Crippen LogP contribution >= 0.6 is 33.0 Å². The van der Waals surface area contributed by atoms with Gasteiger partial charge in [0.1, 0.15) is 0 Å². The summed E-state index contributed by atoms with van der Waals surface area (Å²) in [5.41, 5.74) is 0. The molecule has 0 fully saturated rings. The van der Waals surface area contributed by atoms with Crippen molar-refractivity contribution in [3.63, 3.8) is 0 Å². The van der Waals surface area contributed by atoms with Crippen LogP contribution < -0.4 is 3.00 Å². The van der Waals surface area contributed by atoms with Crippen molar-refractivity contribution in [3.8, 4) is 0 Å². The molecule has 1 aliphatic carbocycles. The first-order chi connectivity index (χ1) is 6.74. The van der Waals surface area contributed by atoms with Crippen LogP contribution in [0.4, 0.5) is 0 Å². The van der Waals surface area contributed by atoms with Crippen molar-refractivity contribution >= 4 is 40.2 Å². The van der Waals surface area contributed by atoms with Crippen LogP contribution in [0.1, 0.15) is 6.42 Å². The second kappa shape index (κ2) is 4.61. The van der Waals surface area contributed by atoms with Gasteiger partial charge in [-0.3, -0.25) is 0 Å². The van der Waals surface area contributed by atoms with Crippen molar-refractivity contribution in [2.75, 3.05) is 0 Å². The molecule has 0 spiro atoms. The quantitative estimate of drug-likeness (QED) is 0.698. The van der Waals surface area contributed by atoms with Gasteiger partial charge in [0.2, 0.25) is 0 Å². The maximum atomic E-state index is 4.79. The number of allylic oxidation sites excluding steroid dienone is 4. The second-order valence-corrected chi connectivity index (χ2v) is 34.6. The van der Waals surface area contributed by atoms with E-state index in [2.05, 4.69) is 50.1 Å². The predicted molar refractivity (Wildman–Crippen MR) is 86.6 cm³/mol. The van der Waals surface area contributed by atoms with E-state index in [0.29, 0.717) is 0 Å². The molecule has 1 aliphatic rings. The zero-order valence-electron chi connectivity index (χ0n) is 10.7. The topological polar surface area (TPSA) is 0 Å². The Labute approximate surface area is 116 Å². The molecule has 0 amide bonds. The van der Waals surface area contributed by atoms with Crippen LogP contribution in [0.25, 0.3) is 0 Å². The summed E-state index contributed by atoms with van der Waals surface area (Å²) in [6.07, 6.45) is 7.88. The Kier molecular flexibility index (Phi) is 4.77. The van der Waals surface area contributed by atoms with Crippen molar-refractivity contribution in [2.24, 2.45) is 0 Å². The van der Waals surface area contributed by atoms with E-state index >= 15 is 0 Å². The summed E-state index contributed by atoms with van der Waals surface area (Å²) in [5.74, 6) is 2.28. The molecule has 0 aromatic carbocycles. The van der Waals surface area contributed by atoms with E-state index in [1.807, 2.05) is 0 Å². The standard InChI is InChI=1S/C5H5.C4H4P.3CH3.CH2.2ClH.Zr/c2*1-2-4-5-3-1;;;;;;;/h1-3H,4H2;1-3,5H;3*1H3;1H2;2*1H;. The Balaban J connectivity index is 0.00000128. The summed E-state index contributed by atoms with van der Waals surface area (Å²) in [4.78, 5) is 0. The maximum absolute atomic E-state index is 4.79. The summed E-state index contributed by atoms with van der Waals surface area (Å²) in [6, 6.07) is 4.52. The second-order valence-electron chi connectivity index (χ2n) is 6.95. The molecular formula is C13H22Cl2PZr. The van der Waals surface area contributed by atoms with Crippen molar-refractivity contribution in [2.45, 2.75) is 20.3 Å². The van der Waals surface area contributed by atoms with Crippen LogP contribution in [0.2, 0.25) is 13.9 Å². The van der Waals surface area contributed by atoms with Gasteiger partial charge in [-0.2, -0.15) is 0 Å². The number of rotatable bonds is 2. The van der Waals surface area contributed by atoms with Gasteiger partial charge in [-0.05, 0) is 0 Å². The molecule has 1 aromatic heterocycles. The molecule has 1 unspecified atom stereocenters. The van der Waals surface area contributed by atoms with Gasteiger partial charge in [-0.1, -0.05) is 0 Å². The fraction of sp³-hybridized carbons (Fsp3) is 0.308. The monoisotopic (exact) mass is 369 g/mol. The average Bonchev–Trinajstić information content (AvgIpc) is 2.77. The molecule has 1 aromatic rings. The molecule has 0 nitrogen and oxygen atoms in total. The summed E-state index contributed by atoms with van der Waals surface area (Å²) in [6.45, 7) is 0. The zero-order chi connectivity index (χ0) is 11.2. The van der Waals surface area contributed by atoms with Crippen molar-refractivity contribution in [1.29, 1.82) is 0 Å². The third-order valence-electron chi connectivity index (χ3n) is 3.85. The van der Waals surface area contributed by atoms with Gasteiger partial charge in [-0.25, -0.2) is 0 Å². The fourth-order valence-corrected chi connectivity index (χ4v) is 16.8. The molecule has 0 saturated heterocycles. The molecule has 0 N–H and O–H groups in total. The van der Waals surface area contributed by atoms with Gasteiger partial charge in [0.05, 0.1) is 0 Å². The molecule has 17 heavy (non-hydrogen) atoms. The third-order valence-corrected chi connectivity index (χ3v) is 25.5. The fourth-order valence-electron chi connectivity index (χ4n) is 2.38. The Morgan fingerprint density at radius 3 is 2.29 bits per heavy atom. The van der Waals surface area contributed by atoms with Crippen LogP contribution in [0, 0.1) is 0 Å². The Morgan fingerprint density at radius 1 is 1.24 bits per heavy atom. The van der Waals surface area contributed by atoms with E-state index in [-0.39, 0.29) is 24.8 Å². The van der Waals surface area contributed by atoms with E-state index in [4.69, 9.17) is 4.21 Å². The Hall–Kier alpha value is 0.593. The van der Waals surface area contributed by atoms with E-state index in [1.54, 1.807) is 6.28 Å². The van der Waals surface area contributed by atoms with Crippen LogP contribution in [0.5, 0.6) is 0 Å². The first-order valence-corrected chi connectivity index (χ1v) is 18.2. The van der Waals surface area contributed by atoms with E-state index in [0.717, 1.165) is 14.6 Å². The molecular weight excluding hydrogens is 349 g/mol. The minimum absolute atomic E-state index is 0. The zero-order valence-corrected chi connectivity index (χ0v) is 15.8. The van der Waals surface area contributed by atoms with Crippen molar-refractivity contribution in [3.05, 3.63) is 39.4 Å². The first kappa shape index (κ1) is 17.6. The van der Waals surface area contributed by atoms with Gasteiger partial charge < -0.3 is 0 Å². The van der Waals surface area contributed by atoms with Crippen LogP contribution in [0.15, 0.2) is 39.4 Å². The molecule has 0 radical (unpaired) electrons. The van der Waals surface area contributed by atoms with Gasteiger partial charge in [0.15, 0.2) is 0 Å². The normalized spacial score (nSPS) is 18.9. The molecule has 0 bridgehead atoms. The molecule has 4 heteroatoms. The van der Waals surface area contributed by atoms with Crippen LogP contribution in [-0.4, -0.2) is 4.21 Å². The predicted octanol–water partition coefficient (Wildman–Crippen LogP) is 4.83. The van der Waals surface area contributed by atoms with Crippen molar-refractivity contribution in [1.82, 2.24) is 0 Å². The number of hydrogen-bond donors (Lipinski definition) is 0. The summed E-state index contributed by atoms with van der Waals surface area (Å²) >= 11 is -3.48. The molecule has 97 valence electrons. The third kappa shape index (κ3) is 2.95. The van der Waals surface area contributed by atoms with Gasteiger partial charge >= 0.3 is 92.0 Å². The Bertz CT molecular complexity index is 530. The molecule has 0 saturated carbocycles. The van der Waals surface area contributed by atoms with E-state index < -0.39 is 16.8 Å². The summed E-state index contributed by atoms with van der Waals surface area (Å²) < 4.78 is 15.4. The SMILES string of the molecule is Cl.Cl.[CH2]=[Zr]([CH3])([CH3])([CH3])([C]1=CC=CC1)[c]1ccc[pH]1. The van der Waals surface area contributed by atoms with Crippen LogP contribution in [0.3, 0.4) is 0 Å². The van der Waals surface area contributed by atoms with Crippen molar-refractivity contribution < 1.29 is 16.8 Å². The molecule has 1 heterocycles. The van der Waals surface area contributed by atoms with Gasteiger partial charge in [0.25, 0.3) is 0 Å². The van der Waals surface area contributed by atoms with E-state index in [9.17, 15) is 0 Å². The number of hydrogen-bond acceptors (Lipinski definition) is 0. The summed E-state index contributed by atoms with van der Waals surface area (Å²) in [7, 11) is 0.859. The number of halogens is 2. The first-order valence-electron chi connectivity index (χ1n) is 5.56.